The van der Waals surface area contributed by atoms with Crippen molar-refractivity contribution in [2.24, 2.45) is 0 Å². The number of carbonyl (C=O) groups excluding carboxylic acids is 1. The Morgan fingerprint density at radius 2 is 2.28 bits per heavy atom. The predicted molar refractivity (Wildman–Crippen MR) is 72.8 cm³/mol. The molecule has 1 rings (SSSR count). The van der Waals surface area contributed by atoms with Gasteiger partial charge in [0.15, 0.2) is 0 Å². The Morgan fingerprint density at radius 1 is 1.61 bits per heavy atom. The standard InChI is InChI=1S/C13H16ClN3O/c1-9(6-7-15)17(3)13(18)11-8-10(14)4-5-12(11)16-2/h4-5,8-9,16H,6H2,1-3H3. The summed E-state index contributed by atoms with van der Waals surface area (Å²) in [6.45, 7) is 1.84. The number of rotatable bonds is 4. The molecule has 1 amide bonds. The Kier molecular flexibility index (Phi) is 4.99. The van der Waals surface area contributed by atoms with Crippen LogP contribution in [0, 0.1) is 11.3 Å². The van der Waals surface area contributed by atoms with E-state index in [-0.39, 0.29) is 11.9 Å². The molecule has 0 aliphatic rings. The first-order valence-electron chi connectivity index (χ1n) is 5.62. The number of nitriles is 1. The van der Waals surface area contributed by atoms with E-state index in [1.54, 1.807) is 37.2 Å². The van der Waals surface area contributed by atoms with Crippen molar-refractivity contribution >= 4 is 23.2 Å². The number of amides is 1. The maximum atomic E-state index is 12.3. The molecule has 1 aromatic carbocycles. The smallest absolute Gasteiger partial charge is 0.256 e. The number of hydrogen-bond acceptors (Lipinski definition) is 3. The van der Waals surface area contributed by atoms with Crippen LogP contribution < -0.4 is 5.32 Å². The number of nitrogens with zero attached hydrogens (tertiary/aromatic N) is 2. The van der Waals surface area contributed by atoms with Crippen molar-refractivity contribution in [3.63, 3.8) is 0 Å². The molecule has 96 valence electrons. The summed E-state index contributed by atoms with van der Waals surface area (Å²) in [6, 6.07) is 7.04. The van der Waals surface area contributed by atoms with Gasteiger partial charge in [0.25, 0.3) is 5.91 Å². The van der Waals surface area contributed by atoms with Crippen molar-refractivity contribution in [3.05, 3.63) is 28.8 Å². The summed E-state index contributed by atoms with van der Waals surface area (Å²) in [5.74, 6) is -0.149. The number of anilines is 1. The van der Waals surface area contributed by atoms with Gasteiger partial charge < -0.3 is 10.2 Å². The minimum Gasteiger partial charge on any atom is -0.387 e. The summed E-state index contributed by atoms with van der Waals surface area (Å²) < 4.78 is 0. The van der Waals surface area contributed by atoms with Crippen molar-refractivity contribution in [1.29, 1.82) is 5.26 Å². The number of halogens is 1. The number of carbonyl (C=O) groups is 1. The van der Waals surface area contributed by atoms with Crippen LogP contribution in [0.25, 0.3) is 0 Å². The highest BCUT2D eigenvalue weighted by Crippen LogP contribution is 2.22. The molecule has 0 fully saturated rings. The third kappa shape index (κ3) is 3.14. The molecule has 0 saturated heterocycles. The maximum absolute atomic E-state index is 12.3. The molecule has 0 bridgehead atoms. The highest BCUT2D eigenvalue weighted by atomic mass is 35.5. The minimum atomic E-state index is -0.149. The second-order valence-electron chi connectivity index (χ2n) is 4.07. The molecular formula is C13H16ClN3O. The van der Waals surface area contributed by atoms with Gasteiger partial charge in [0, 0.05) is 30.8 Å². The quantitative estimate of drug-likeness (QED) is 0.911. The SMILES string of the molecule is CNc1ccc(Cl)cc1C(=O)N(C)C(C)CC#N. The zero-order valence-electron chi connectivity index (χ0n) is 10.7. The molecule has 4 nitrogen and oxygen atoms in total. The third-order valence-electron chi connectivity index (χ3n) is 2.85. The normalized spacial score (nSPS) is 11.5. The zero-order valence-corrected chi connectivity index (χ0v) is 11.5. The van der Waals surface area contributed by atoms with E-state index < -0.39 is 0 Å². The lowest BCUT2D eigenvalue weighted by Crippen LogP contribution is -2.35. The Balaban J connectivity index is 3.03. The second-order valence-corrected chi connectivity index (χ2v) is 4.50. The van der Waals surface area contributed by atoms with Crippen LogP contribution in [0.5, 0.6) is 0 Å². The predicted octanol–water partition coefficient (Wildman–Crippen LogP) is 2.76. The molecule has 0 radical (unpaired) electrons. The lowest BCUT2D eigenvalue weighted by atomic mass is 10.1. The topological polar surface area (TPSA) is 56.1 Å². The Morgan fingerprint density at radius 3 is 2.83 bits per heavy atom. The first kappa shape index (κ1) is 14.3. The molecule has 0 aromatic heterocycles. The van der Waals surface area contributed by atoms with Crippen LogP contribution in [0.1, 0.15) is 23.7 Å². The highest BCUT2D eigenvalue weighted by Gasteiger charge is 2.20. The van der Waals surface area contributed by atoms with Crippen LogP contribution in [0.15, 0.2) is 18.2 Å². The first-order valence-corrected chi connectivity index (χ1v) is 6.00. The molecule has 1 unspecified atom stereocenters. The van der Waals surface area contributed by atoms with Gasteiger partial charge >= 0.3 is 0 Å². The zero-order chi connectivity index (χ0) is 13.7. The molecule has 18 heavy (non-hydrogen) atoms. The monoisotopic (exact) mass is 265 g/mol. The van der Waals surface area contributed by atoms with E-state index in [0.29, 0.717) is 17.0 Å². The van der Waals surface area contributed by atoms with E-state index in [0.717, 1.165) is 5.69 Å². The van der Waals surface area contributed by atoms with Gasteiger partial charge in [-0.05, 0) is 25.1 Å². The third-order valence-corrected chi connectivity index (χ3v) is 3.08. The van der Waals surface area contributed by atoms with E-state index >= 15 is 0 Å². The first-order chi connectivity index (χ1) is 8.51. The minimum absolute atomic E-state index is 0.133. The molecule has 0 spiro atoms. The average Bonchev–Trinajstić information content (AvgIpc) is 2.37. The summed E-state index contributed by atoms with van der Waals surface area (Å²) >= 11 is 5.91. The van der Waals surface area contributed by atoms with Crippen molar-refractivity contribution < 1.29 is 4.79 Å². The fourth-order valence-electron chi connectivity index (χ4n) is 1.57. The molecule has 1 aromatic rings. The molecule has 0 heterocycles. The molecule has 0 aliphatic carbocycles. The van der Waals surface area contributed by atoms with Crippen LogP contribution in [-0.2, 0) is 0 Å². The van der Waals surface area contributed by atoms with E-state index in [4.69, 9.17) is 16.9 Å². The van der Waals surface area contributed by atoms with Crippen LogP contribution >= 0.6 is 11.6 Å². The van der Waals surface area contributed by atoms with E-state index in [1.165, 1.54) is 0 Å². The second kappa shape index (κ2) is 6.27. The van der Waals surface area contributed by atoms with Crippen molar-refractivity contribution in [2.75, 3.05) is 19.4 Å². The largest absolute Gasteiger partial charge is 0.387 e. The molecule has 1 N–H and O–H groups in total. The lowest BCUT2D eigenvalue weighted by molar-refractivity contribution is 0.0747. The molecule has 1 atom stereocenters. The van der Waals surface area contributed by atoms with Gasteiger partial charge in [0.05, 0.1) is 18.1 Å². The Labute approximate surface area is 112 Å². The highest BCUT2D eigenvalue weighted by molar-refractivity contribution is 6.31. The van der Waals surface area contributed by atoms with Gasteiger partial charge in [-0.3, -0.25) is 4.79 Å². The molecule has 0 aliphatic heterocycles. The van der Waals surface area contributed by atoms with Gasteiger partial charge in [-0.2, -0.15) is 5.26 Å². The van der Waals surface area contributed by atoms with Crippen molar-refractivity contribution in [1.82, 2.24) is 4.90 Å². The van der Waals surface area contributed by atoms with E-state index in [9.17, 15) is 4.79 Å². The number of benzene rings is 1. The molecular weight excluding hydrogens is 250 g/mol. The summed E-state index contributed by atoms with van der Waals surface area (Å²) in [7, 11) is 3.43. The number of hydrogen-bond donors (Lipinski definition) is 1. The Bertz CT molecular complexity index is 482. The van der Waals surface area contributed by atoms with Crippen LogP contribution in [0.4, 0.5) is 5.69 Å². The summed E-state index contributed by atoms with van der Waals surface area (Å²) in [6.07, 6.45) is 0.303. The van der Waals surface area contributed by atoms with Crippen molar-refractivity contribution in [3.8, 4) is 6.07 Å². The van der Waals surface area contributed by atoms with Gasteiger partial charge in [-0.1, -0.05) is 11.6 Å². The summed E-state index contributed by atoms with van der Waals surface area (Å²) in [4.78, 5) is 13.9. The lowest BCUT2D eigenvalue weighted by Gasteiger charge is -2.24. The van der Waals surface area contributed by atoms with E-state index in [1.807, 2.05) is 6.92 Å². The van der Waals surface area contributed by atoms with Gasteiger partial charge in [-0.15, -0.1) is 0 Å². The summed E-state index contributed by atoms with van der Waals surface area (Å²) in [5, 5.41) is 12.1. The van der Waals surface area contributed by atoms with E-state index in [2.05, 4.69) is 11.4 Å². The fourth-order valence-corrected chi connectivity index (χ4v) is 1.74. The van der Waals surface area contributed by atoms with Crippen LogP contribution in [0.2, 0.25) is 5.02 Å². The maximum Gasteiger partial charge on any atom is 0.256 e. The number of nitrogens with one attached hydrogen (secondary N) is 1. The van der Waals surface area contributed by atoms with Crippen LogP contribution in [-0.4, -0.2) is 30.9 Å². The fraction of sp³-hybridized carbons (Fsp3) is 0.385. The molecule has 5 heteroatoms. The van der Waals surface area contributed by atoms with Gasteiger partial charge in [0.1, 0.15) is 0 Å². The Hall–Kier alpha value is -1.73. The van der Waals surface area contributed by atoms with Gasteiger partial charge in [0.2, 0.25) is 0 Å². The summed E-state index contributed by atoms with van der Waals surface area (Å²) in [5.41, 5.74) is 1.23. The van der Waals surface area contributed by atoms with Crippen molar-refractivity contribution in [2.45, 2.75) is 19.4 Å². The van der Waals surface area contributed by atoms with Crippen LogP contribution in [0.3, 0.4) is 0 Å². The van der Waals surface area contributed by atoms with Gasteiger partial charge in [-0.25, -0.2) is 0 Å². The average molecular weight is 266 g/mol. The molecule has 0 saturated carbocycles.